The number of piperidine rings is 2. The van der Waals surface area contributed by atoms with Gasteiger partial charge in [-0.25, -0.2) is 18.7 Å². The molecule has 2 saturated heterocycles. The first-order valence-corrected chi connectivity index (χ1v) is 26.7. The molecule has 3 fully saturated rings. The number of carbonyl (C=O) groups is 2. The van der Waals surface area contributed by atoms with Crippen LogP contribution in [-0.2, 0) is 31.2 Å². The summed E-state index contributed by atoms with van der Waals surface area (Å²) in [6.07, 6.45) is 8.01. The zero-order chi connectivity index (χ0) is 52.5. The van der Waals surface area contributed by atoms with Crippen LogP contribution < -0.4 is 19.9 Å². The number of halogens is 3. The van der Waals surface area contributed by atoms with Gasteiger partial charge in [0.2, 0.25) is 11.9 Å². The number of alkyl halides is 2. The molecule has 5 aromatic rings. The molecule has 3 aromatic heterocycles. The molecule has 392 valence electrons. The van der Waals surface area contributed by atoms with E-state index in [0.29, 0.717) is 88.3 Å². The minimum atomic E-state index is -2.67. The Morgan fingerprint density at radius 2 is 1.69 bits per heavy atom. The molecular formula is C56H69ClF2N12O3. The van der Waals surface area contributed by atoms with Crippen LogP contribution in [0.1, 0.15) is 124 Å². The van der Waals surface area contributed by atoms with Gasteiger partial charge in [-0.05, 0) is 85.8 Å². The zero-order valence-electron chi connectivity index (χ0n) is 44.1. The van der Waals surface area contributed by atoms with Crippen molar-refractivity contribution in [1.29, 1.82) is 5.26 Å². The average Bonchev–Trinajstić information content (AvgIpc) is 3.99. The van der Waals surface area contributed by atoms with Crippen LogP contribution >= 0.6 is 11.6 Å². The van der Waals surface area contributed by atoms with Gasteiger partial charge in [-0.2, -0.15) is 15.5 Å². The standard InChI is InChI=1S/C56H69ClF2N12O3/c1-32-27-69(54-61-24-38(25-62-54)51(73)64-52-55(5,6)53(56(52,7)8)74-47-13-12-37(23-60)48(57)34(47)3)28-33(2)43(32)30-67-18-14-40(15-19-67)71-45-16-20-68(35(4)72)31-44(45)50(65-71)70-17-10-11-36-21-41(39-26-63-66(9)29-39)42(49(58)59)22-46(36)70/h12-13,21-22,24-26,29,32-33,40,43,49,52-53H,10-11,14-20,27-28,30-31H2,1-9H3,(H,64,73)/t32-,33+,43?,52?,53?. The van der Waals surface area contributed by atoms with Crippen LogP contribution in [0.5, 0.6) is 5.75 Å². The average molecular weight is 1030 g/mol. The highest BCUT2D eigenvalue weighted by molar-refractivity contribution is 6.32. The van der Waals surface area contributed by atoms with Gasteiger partial charge in [0.05, 0.1) is 34.9 Å². The number of hydrogen-bond acceptors (Lipinski definition) is 11. The Hall–Kier alpha value is -6.12. The Morgan fingerprint density at radius 1 is 0.986 bits per heavy atom. The van der Waals surface area contributed by atoms with Gasteiger partial charge in [-0.1, -0.05) is 53.1 Å². The number of rotatable bonds is 11. The smallest absolute Gasteiger partial charge is 0.264 e. The van der Waals surface area contributed by atoms with Crippen molar-refractivity contribution in [2.75, 3.05) is 55.6 Å². The molecule has 1 saturated carbocycles. The van der Waals surface area contributed by atoms with Crippen molar-refractivity contribution >= 4 is 40.9 Å². The van der Waals surface area contributed by atoms with Crippen molar-refractivity contribution < 1.29 is 23.1 Å². The molecule has 0 spiro atoms. The van der Waals surface area contributed by atoms with E-state index in [2.05, 4.69) is 77.4 Å². The Labute approximate surface area is 438 Å². The van der Waals surface area contributed by atoms with Crippen molar-refractivity contribution in [2.45, 2.75) is 119 Å². The number of benzene rings is 2. The summed E-state index contributed by atoms with van der Waals surface area (Å²) in [6.45, 7) is 22.7. The first-order valence-electron chi connectivity index (χ1n) is 26.3. The molecule has 0 bridgehead atoms. The van der Waals surface area contributed by atoms with E-state index in [9.17, 15) is 23.6 Å². The van der Waals surface area contributed by atoms with E-state index in [1.807, 2.05) is 17.9 Å². The molecule has 1 unspecified atom stereocenters. The first kappa shape index (κ1) is 51.4. The molecule has 2 aromatic carbocycles. The van der Waals surface area contributed by atoms with Crippen molar-refractivity contribution in [3.63, 3.8) is 0 Å². The number of hydrogen-bond donors (Lipinski definition) is 1. The third-order valence-corrected chi connectivity index (χ3v) is 17.7. The van der Waals surface area contributed by atoms with Gasteiger partial charge in [0.1, 0.15) is 17.9 Å². The normalized spacial score (nSPS) is 23.7. The van der Waals surface area contributed by atoms with Gasteiger partial charge in [0.15, 0.2) is 5.82 Å². The fourth-order valence-electron chi connectivity index (χ4n) is 13.5. The van der Waals surface area contributed by atoms with E-state index in [0.717, 1.165) is 86.7 Å². The van der Waals surface area contributed by atoms with Gasteiger partial charge in [-0.15, -0.1) is 0 Å². The predicted octanol–water partition coefficient (Wildman–Crippen LogP) is 9.49. The highest BCUT2D eigenvalue weighted by Gasteiger charge is 2.64. The molecule has 1 aliphatic carbocycles. The number of fused-ring (bicyclic) bond motifs is 2. The molecule has 2 amide bonds. The summed E-state index contributed by atoms with van der Waals surface area (Å²) in [7, 11) is 1.79. The molecule has 74 heavy (non-hydrogen) atoms. The quantitative estimate of drug-likeness (QED) is 0.135. The van der Waals surface area contributed by atoms with Crippen LogP contribution in [0.3, 0.4) is 0 Å². The maximum atomic E-state index is 14.8. The molecule has 7 heterocycles. The summed E-state index contributed by atoms with van der Waals surface area (Å²) in [4.78, 5) is 44.8. The number of aryl methyl sites for hydroxylation is 2. The third kappa shape index (κ3) is 9.28. The highest BCUT2D eigenvalue weighted by atomic mass is 35.5. The van der Waals surface area contributed by atoms with Crippen LogP contribution in [0.4, 0.5) is 26.2 Å². The second-order valence-electron chi connectivity index (χ2n) is 22.9. The van der Waals surface area contributed by atoms with Crippen molar-refractivity contribution in [3.8, 4) is 22.9 Å². The number of nitrogens with zero attached hydrogens (tertiary/aromatic N) is 11. The molecule has 0 radical (unpaired) electrons. The molecule has 1 N–H and O–H groups in total. The maximum Gasteiger partial charge on any atom is 0.264 e. The fraction of sp³-hybridized carbons (Fsp3) is 0.554. The Morgan fingerprint density at radius 3 is 2.32 bits per heavy atom. The van der Waals surface area contributed by atoms with Crippen LogP contribution in [0.2, 0.25) is 5.02 Å². The van der Waals surface area contributed by atoms with Gasteiger partial charge in [0, 0.05) is 135 Å². The van der Waals surface area contributed by atoms with Gasteiger partial charge in [0.25, 0.3) is 12.3 Å². The molecular weight excluding hydrogens is 962 g/mol. The Bertz CT molecular complexity index is 2970. The van der Waals surface area contributed by atoms with Gasteiger partial charge >= 0.3 is 0 Å². The number of aromatic nitrogens is 6. The number of amides is 2. The summed E-state index contributed by atoms with van der Waals surface area (Å²) in [5.74, 6) is 3.07. The highest BCUT2D eigenvalue weighted by Crippen LogP contribution is 2.56. The Kier molecular flexibility index (Phi) is 13.8. The van der Waals surface area contributed by atoms with E-state index in [1.54, 1.807) is 61.6 Å². The molecule has 4 aliphatic heterocycles. The van der Waals surface area contributed by atoms with Crippen molar-refractivity contribution in [2.24, 2.45) is 35.6 Å². The van der Waals surface area contributed by atoms with E-state index in [1.165, 1.54) is 0 Å². The molecule has 10 rings (SSSR count). The lowest BCUT2D eigenvalue weighted by molar-refractivity contribution is -0.164. The summed E-state index contributed by atoms with van der Waals surface area (Å²) in [6, 6.07) is 9.16. The number of nitrogens with one attached hydrogen (secondary N) is 1. The van der Waals surface area contributed by atoms with E-state index in [4.69, 9.17) is 31.4 Å². The lowest BCUT2D eigenvalue weighted by atomic mass is 9.49. The number of nitriles is 1. The number of anilines is 3. The topological polar surface area (TPSA) is 154 Å². The monoisotopic (exact) mass is 1030 g/mol. The lowest BCUT2D eigenvalue weighted by Gasteiger charge is -2.63. The van der Waals surface area contributed by atoms with Gasteiger partial charge < -0.3 is 29.7 Å². The molecule has 18 heteroatoms. The van der Waals surface area contributed by atoms with Crippen molar-refractivity contribution in [1.82, 2.24) is 44.6 Å². The van der Waals surface area contributed by atoms with Crippen molar-refractivity contribution in [3.05, 3.63) is 93.2 Å². The molecule has 15 nitrogen and oxygen atoms in total. The van der Waals surface area contributed by atoms with Crippen LogP contribution in [0.15, 0.2) is 49.1 Å². The van der Waals surface area contributed by atoms with E-state index >= 15 is 0 Å². The minimum absolute atomic E-state index is 0.0163. The largest absolute Gasteiger partial charge is 0.489 e. The summed E-state index contributed by atoms with van der Waals surface area (Å²) in [5, 5.41) is 22.7. The zero-order valence-corrected chi connectivity index (χ0v) is 44.9. The van der Waals surface area contributed by atoms with E-state index < -0.39 is 17.3 Å². The maximum absolute atomic E-state index is 14.8. The predicted molar refractivity (Wildman–Crippen MR) is 281 cm³/mol. The SMILES string of the molecule is CC(=O)N1CCc2c(c(N3CCCc4cc(-c5cnn(C)c5)c(C(F)F)cc43)nn2C2CCN(CC3[C@H](C)CN(c4ncc(C(=O)NC5C(C)(C)C(Oc6ccc(C#N)c(Cl)c6C)C5(C)C)cn4)C[C@@H]3C)CC2)C1. The van der Waals surface area contributed by atoms with Crippen LogP contribution in [-0.4, -0.2) is 109 Å². The minimum Gasteiger partial charge on any atom is -0.489 e. The number of likely N-dealkylation sites (tertiary alicyclic amines) is 1. The summed E-state index contributed by atoms with van der Waals surface area (Å²) < 4.78 is 40.1. The first-order chi connectivity index (χ1) is 35.2. The molecule has 5 aliphatic rings. The summed E-state index contributed by atoms with van der Waals surface area (Å²) in [5.41, 5.74) is 5.83. The lowest BCUT2D eigenvalue weighted by Crippen LogP contribution is -2.74. The molecule has 3 atom stereocenters. The van der Waals surface area contributed by atoms with E-state index in [-0.39, 0.29) is 35.6 Å². The fourth-order valence-corrected chi connectivity index (χ4v) is 13.7. The van der Waals surface area contributed by atoms with Gasteiger partial charge in [-0.3, -0.25) is 19.0 Å². The second kappa shape index (κ2) is 19.9. The van der Waals surface area contributed by atoms with Crippen LogP contribution in [0.25, 0.3) is 11.1 Å². The van der Waals surface area contributed by atoms with Crippen LogP contribution in [0, 0.1) is 46.8 Å². The third-order valence-electron chi connectivity index (χ3n) is 17.2. The summed E-state index contributed by atoms with van der Waals surface area (Å²) >= 11 is 6.46. The Balaban J connectivity index is 0.769. The number of carbonyl (C=O) groups excluding carboxylic acids is 2. The second-order valence-corrected chi connectivity index (χ2v) is 23.3. The number of ether oxygens (including phenoxy) is 1.